The number of anilines is 1. The molecule has 0 spiro atoms. The van der Waals surface area contributed by atoms with E-state index < -0.39 is 0 Å². The SMILES string of the molecule is CC(C)CC(=O)NCc1ccc(N2CCOCC2)nc1. The highest BCUT2D eigenvalue weighted by atomic mass is 16.5. The zero-order chi connectivity index (χ0) is 14.4. The topological polar surface area (TPSA) is 54.5 Å². The van der Waals surface area contributed by atoms with E-state index in [0.717, 1.165) is 37.7 Å². The zero-order valence-corrected chi connectivity index (χ0v) is 12.3. The first-order valence-corrected chi connectivity index (χ1v) is 7.19. The van der Waals surface area contributed by atoms with E-state index in [9.17, 15) is 4.79 Å². The molecule has 0 aromatic carbocycles. The van der Waals surface area contributed by atoms with Gasteiger partial charge in [-0.25, -0.2) is 4.98 Å². The molecule has 1 aromatic rings. The number of hydrogen-bond acceptors (Lipinski definition) is 4. The Hall–Kier alpha value is -1.62. The number of amides is 1. The minimum Gasteiger partial charge on any atom is -0.378 e. The van der Waals surface area contributed by atoms with Gasteiger partial charge in [0.05, 0.1) is 13.2 Å². The smallest absolute Gasteiger partial charge is 0.220 e. The molecule has 1 amide bonds. The molecular weight excluding hydrogens is 254 g/mol. The van der Waals surface area contributed by atoms with Gasteiger partial charge in [0, 0.05) is 32.3 Å². The van der Waals surface area contributed by atoms with Crippen LogP contribution in [0.15, 0.2) is 18.3 Å². The molecule has 1 aliphatic rings. The van der Waals surface area contributed by atoms with E-state index in [1.54, 1.807) is 0 Å². The molecule has 5 nitrogen and oxygen atoms in total. The molecule has 1 aliphatic heterocycles. The van der Waals surface area contributed by atoms with Crippen LogP contribution in [0.2, 0.25) is 0 Å². The van der Waals surface area contributed by atoms with Crippen molar-refractivity contribution >= 4 is 11.7 Å². The minimum absolute atomic E-state index is 0.0947. The summed E-state index contributed by atoms with van der Waals surface area (Å²) in [5.41, 5.74) is 1.03. The van der Waals surface area contributed by atoms with Crippen molar-refractivity contribution in [3.63, 3.8) is 0 Å². The Labute approximate surface area is 120 Å². The van der Waals surface area contributed by atoms with Gasteiger partial charge in [0.2, 0.25) is 5.91 Å². The van der Waals surface area contributed by atoms with Crippen LogP contribution in [-0.2, 0) is 16.1 Å². The first-order chi connectivity index (χ1) is 9.65. The van der Waals surface area contributed by atoms with Crippen molar-refractivity contribution in [1.29, 1.82) is 0 Å². The van der Waals surface area contributed by atoms with Gasteiger partial charge in [-0.3, -0.25) is 4.79 Å². The predicted molar refractivity (Wildman–Crippen MR) is 78.6 cm³/mol. The van der Waals surface area contributed by atoms with E-state index >= 15 is 0 Å². The van der Waals surface area contributed by atoms with Crippen molar-refractivity contribution in [3.05, 3.63) is 23.9 Å². The molecule has 0 unspecified atom stereocenters. The third-order valence-electron chi connectivity index (χ3n) is 3.23. The van der Waals surface area contributed by atoms with Crippen LogP contribution in [0.25, 0.3) is 0 Å². The zero-order valence-electron chi connectivity index (χ0n) is 12.3. The molecular formula is C15H23N3O2. The van der Waals surface area contributed by atoms with E-state index in [1.807, 2.05) is 32.2 Å². The molecule has 110 valence electrons. The van der Waals surface area contributed by atoms with E-state index in [2.05, 4.69) is 15.2 Å². The van der Waals surface area contributed by atoms with Gasteiger partial charge in [0.25, 0.3) is 0 Å². The number of pyridine rings is 1. The summed E-state index contributed by atoms with van der Waals surface area (Å²) in [6.07, 6.45) is 2.40. The number of carbonyl (C=O) groups excluding carboxylic acids is 1. The van der Waals surface area contributed by atoms with Crippen LogP contribution in [0.5, 0.6) is 0 Å². The second-order valence-electron chi connectivity index (χ2n) is 5.50. The Morgan fingerprint density at radius 2 is 2.15 bits per heavy atom. The molecule has 0 saturated carbocycles. The maximum Gasteiger partial charge on any atom is 0.220 e. The number of hydrogen-bond donors (Lipinski definition) is 1. The lowest BCUT2D eigenvalue weighted by molar-refractivity contribution is -0.121. The summed E-state index contributed by atoms with van der Waals surface area (Å²) in [4.78, 5) is 18.3. The van der Waals surface area contributed by atoms with Gasteiger partial charge in [0.15, 0.2) is 0 Å². The molecule has 1 N–H and O–H groups in total. The maximum absolute atomic E-state index is 11.6. The number of aromatic nitrogens is 1. The van der Waals surface area contributed by atoms with Gasteiger partial charge in [-0.05, 0) is 17.5 Å². The molecule has 1 saturated heterocycles. The molecule has 0 atom stereocenters. The predicted octanol–water partition coefficient (Wildman–Crippen LogP) is 1.58. The van der Waals surface area contributed by atoms with Gasteiger partial charge < -0.3 is 15.0 Å². The van der Waals surface area contributed by atoms with Gasteiger partial charge in [0.1, 0.15) is 5.82 Å². The number of morpholine rings is 1. The number of nitrogens with zero attached hydrogens (tertiary/aromatic N) is 2. The number of rotatable bonds is 5. The summed E-state index contributed by atoms with van der Waals surface area (Å²) in [6, 6.07) is 4.03. The molecule has 2 heterocycles. The van der Waals surface area contributed by atoms with Crippen molar-refractivity contribution in [2.45, 2.75) is 26.8 Å². The maximum atomic E-state index is 11.6. The molecule has 1 aromatic heterocycles. The highest BCUT2D eigenvalue weighted by Crippen LogP contribution is 2.13. The average molecular weight is 277 g/mol. The molecule has 20 heavy (non-hydrogen) atoms. The second-order valence-corrected chi connectivity index (χ2v) is 5.50. The van der Waals surface area contributed by atoms with Crippen LogP contribution in [0.1, 0.15) is 25.8 Å². The fraction of sp³-hybridized carbons (Fsp3) is 0.600. The molecule has 0 aliphatic carbocycles. The second kappa shape index (κ2) is 7.24. The molecule has 1 fully saturated rings. The van der Waals surface area contributed by atoms with Crippen molar-refractivity contribution in [2.24, 2.45) is 5.92 Å². The number of carbonyl (C=O) groups is 1. The quantitative estimate of drug-likeness (QED) is 0.888. The van der Waals surface area contributed by atoms with E-state index in [0.29, 0.717) is 18.9 Å². The Kier molecular flexibility index (Phi) is 5.35. The minimum atomic E-state index is 0.0947. The Morgan fingerprint density at radius 3 is 2.75 bits per heavy atom. The third-order valence-corrected chi connectivity index (χ3v) is 3.23. The Bertz CT molecular complexity index is 425. The molecule has 0 radical (unpaired) electrons. The average Bonchev–Trinajstić information content (AvgIpc) is 2.46. The summed E-state index contributed by atoms with van der Waals surface area (Å²) in [5.74, 6) is 1.46. The number of ether oxygens (including phenoxy) is 1. The highest BCUT2D eigenvalue weighted by Gasteiger charge is 2.12. The first kappa shape index (κ1) is 14.8. The van der Waals surface area contributed by atoms with Crippen molar-refractivity contribution in [2.75, 3.05) is 31.2 Å². The summed E-state index contributed by atoms with van der Waals surface area (Å²) in [6.45, 7) is 7.91. The van der Waals surface area contributed by atoms with Gasteiger partial charge in [-0.15, -0.1) is 0 Å². The summed E-state index contributed by atoms with van der Waals surface area (Å²) < 4.78 is 5.32. The van der Waals surface area contributed by atoms with Crippen LogP contribution < -0.4 is 10.2 Å². The molecule has 5 heteroatoms. The highest BCUT2D eigenvalue weighted by molar-refractivity contribution is 5.76. The lowest BCUT2D eigenvalue weighted by atomic mass is 10.1. The monoisotopic (exact) mass is 277 g/mol. The van der Waals surface area contributed by atoms with Crippen LogP contribution in [0.4, 0.5) is 5.82 Å². The lowest BCUT2D eigenvalue weighted by Crippen LogP contribution is -2.36. The number of nitrogens with one attached hydrogen (secondary N) is 1. The standard InChI is InChI=1S/C15H23N3O2/c1-12(2)9-15(19)17-11-13-3-4-14(16-10-13)18-5-7-20-8-6-18/h3-4,10,12H,5-9,11H2,1-2H3,(H,17,19). The van der Waals surface area contributed by atoms with Crippen LogP contribution in [0, 0.1) is 5.92 Å². The van der Waals surface area contributed by atoms with E-state index in [-0.39, 0.29) is 5.91 Å². The summed E-state index contributed by atoms with van der Waals surface area (Å²) in [5, 5.41) is 2.92. The lowest BCUT2D eigenvalue weighted by Gasteiger charge is -2.27. The van der Waals surface area contributed by atoms with Crippen molar-refractivity contribution in [3.8, 4) is 0 Å². The van der Waals surface area contributed by atoms with E-state index in [1.165, 1.54) is 0 Å². The largest absolute Gasteiger partial charge is 0.378 e. The summed E-state index contributed by atoms with van der Waals surface area (Å²) in [7, 11) is 0. The first-order valence-electron chi connectivity index (χ1n) is 7.19. The Balaban J connectivity index is 1.83. The normalized spacial score (nSPS) is 15.4. The van der Waals surface area contributed by atoms with Gasteiger partial charge in [-0.2, -0.15) is 0 Å². The fourth-order valence-electron chi connectivity index (χ4n) is 2.14. The van der Waals surface area contributed by atoms with Crippen LogP contribution in [-0.4, -0.2) is 37.2 Å². The van der Waals surface area contributed by atoms with Crippen LogP contribution in [0.3, 0.4) is 0 Å². The van der Waals surface area contributed by atoms with E-state index in [4.69, 9.17) is 4.74 Å². The van der Waals surface area contributed by atoms with Gasteiger partial charge in [-0.1, -0.05) is 19.9 Å². The third kappa shape index (κ3) is 4.49. The molecule has 2 rings (SSSR count). The van der Waals surface area contributed by atoms with Crippen LogP contribution >= 0.6 is 0 Å². The van der Waals surface area contributed by atoms with Crippen molar-refractivity contribution in [1.82, 2.24) is 10.3 Å². The fourth-order valence-corrected chi connectivity index (χ4v) is 2.14. The van der Waals surface area contributed by atoms with Crippen molar-refractivity contribution < 1.29 is 9.53 Å². The Morgan fingerprint density at radius 1 is 1.40 bits per heavy atom. The molecule has 0 bridgehead atoms. The summed E-state index contributed by atoms with van der Waals surface area (Å²) >= 11 is 0. The van der Waals surface area contributed by atoms with Gasteiger partial charge >= 0.3 is 0 Å².